The molecule has 2 nitrogen and oxygen atoms in total. The molecule has 2 aromatic carbocycles. The van der Waals surface area contributed by atoms with Gasteiger partial charge in [-0.1, -0.05) is 41.6 Å². The van der Waals surface area contributed by atoms with Crippen molar-refractivity contribution in [3.63, 3.8) is 0 Å². The highest BCUT2D eigenvalue weighted by molar-refractivity contribution is 8.15. The third-order valence-corrected chi connectivity index (χ3v) is 8.16. The molecule has 3 aliphatic rings. The normalized spacial score (nSPS) is 21.6. The van der Waals surface area contributed by atoms with Crippen LogP contribution in [0.1, 0.15) is 55.2 Å². The Hall–Kier alpha value is -3.08. The maximum absolute atomic E-state index is 15.1. The van der Waals surface area contributed by atoms with Crippen molar-refractivity contribution in [3.05, 3.63) is 94.0 Å². The second-order valence-electron chi connectivity index (χ2n) is 9.65. The van der Waals surface area contributed by atoms with Crippen LogP contribution in [-0.2, 0) is 6.18 Å². The molecule has 1 aliphatic heterocycles. The minimum atomic E-state index is -5.35. The van der Waals surface area contributed by atoms with Crippen molar-refractivity contribution < 1.29 is 39.9 Å². The predicted molar refractivity (Wildman–Crippen MR) is 133 cm³/mol. The maximum atomic E-state index is 15.1. The van der Waals surface area contributed by atoms with Crippen molar-refractivity contribution in [3.8, 4) is 5.75 Å². The topological polar surface area (TPSA) is 21.6 Å². The summed E-state index contributed by atoms with van der Waals surface area (Å²) in [6, 6.07) is 5.17. The van der Waals surface area contributed by atoms with E-state index in [1.54, 1.807) is 12.1 Å². The Balaban J connectivity index is 1.31. The zero-order valence-corrected chi connectivity index (χ0v) is 21.2. The van der Waals surface area contributed by atoms with Crippen LogP contribution < -0.4 is 4.74 Å². The summed E-state index contributed by atoms with van der Waals surface area (Å²) in [4.78, 5) is 3.87. The van der Waals surface area contributed by atoms with Crippen LogP contribution in [0.5, 0.6) is 5.75 Å². The lowest BCUT2D eigenvalue weighted by atomic mass is 9.84. The van der Waals surface area contributed by atoms with Crippen LogP contribution in [-0.4, -0.2) is 16.4 Å². The van der Waals surface area contributed by atoms with E-state index < -0.39 is 51.3 Å². The van der Waals surface area contributed by atoms with Gasteiger partial charge in [0.15, 0.2) is 5.04 Å². The fraction of sp³-hybridized carbons (Fsp3) is 0.321. The average Bonchev–Trinajstić information content (AvgIpc) is 3.27. The molecule has 2 atom stereocenters. The van der Waals surface area contributed by atoms with Gasteiger partial charge in [-0.15, -0.1) is 0 Å². The summed E-state index contributed by atoms with van der Waals surface area (Å²) < 4.78 is 115. The molecular weight excluding hydrogens is 550 g/mol. The number of aliphatic imine (C=N–C) groups is 1. The van der Waals surface area contributed by atoms with E-state index >= 15 is 4.39 Å². The summed E-state index contributed by atoms with van der Waals surface area (Å²) in [5.74, 6) is -5.46. The predicted octanol–water partition coefficient (Wildman–Crippen LogP) is 9.19. The maximum Gasteiger partial charge on any atom is 0.450 e. The van der Waals surface area contributed by atoms with E-state index in [1.807, 2.05) is 6.07 Å². The van der Waals surface area contributed by atoms with Crippen LogP contribution in [0, 0.1) is 17.5 Å². The van der Waals surface area contributed by atoms with Gasteiger partial charge in [0.25, 0.3) is 0 Å². The van der Waals surface area contributed by atoms with E-state index in [0.29, 0.717) is 22.9 Å². The van der Waals surface area contributed by atoms with Gasteiger partial charge in [0.1, 0.15) is 28.8 Å². The molecule has 11 heteroatoms. The monoisotopic (exact) mass is 571 g/mol. The van der Waals surface area contributed by atoms with Gasteiger partial charge in [-0.2, -0.15) is 22.0 Å². The molecule has 0 saturated heterocycles. The molecule has 1 heterocycles. The van der Waals surface area contributed by atoms with E-state index in [2.05, 4.69) is 22.7 Å². The molecule has 2 aliphatic carbocycles. The molecule has 206 valence electrons. The Morgan fingerprint density at radius 2 is 1.67 bits per heavy atom. The van der Waals surface area contributed by atoms with Crippen LogP contribution in [0.2, 0.25) is 0 Å². The number of nitrogens with zero attached hydrogens (tertiary/aromatic N) is 1. The Kier molecular flexibility index (Phi) is 7.15. The summed E-state index contributed by atoms with van der Waals surface area (Å²) in [5, 5.41) is -1.42. The smallest absolute Gasteiger partial charge is 0.427 e. The fourth-order valence-corrected chi connectivity index (χ4v) is 6.00. The Morgan fingerprint density at radius 1 is 0.949 bits per heavy atom. The number of halogens is 8. The largest absolute Gasteiger partial charge is 0.450 e. The Labute approximate surface area is 223 Å². The molecule has 0 N–H and O–H groups in total. The van der Waals surface area contributed by atoms with E-state index in [9.17, 15) is 30.7 Å². The first-order valence-corrected chi connectivity index (χ1v) is 12.9. The van der Waals surface area contributed by atoms with Crippen molar-refractivity contribution in [1.29, 1.82) is 0 Å². The number of hydrogen-bond donors (Lipinski definition) is 0. The van der Waals surface area contributed by atoms with Gasteiger partial charge in [0.2, 0.25) is 0 Å². The van der Waals surface area contributed by atoms with Crippen molar-refractivity contribution in [2.75, 3.05) is 0 Å². The lowest BCUT2D eigenvalue weighted by Gasteiger charge is -2.22. The number of benzene rings is 2. The highest BCUT2D eigenvalue weighted by atomic mass is 32.2. The number of alkyl halides is 5. The first-order valence-electron chi connectivity index (χ1n) is 12.1. The van der Waals surface area contributed by atoms with Crippen molar-refractivity contribution >= 4 is 22.4 Å². The molecule has 0 fully saturated rings. The lowest BCUT2D eigenvalue weighted by Crippen LogP contribution is -2.33. The van der Waals surface area contributed by atoms with Crippen LogP contribution in [0.25, 0.3) is 5.57 Å². The molecule has 2 unspecified atom stereocenters. The quantitative estimate of drug-likeness (QED) is 0.264. The van der Waals surface area contributed by atoms with Crippen LogP contribution >= 0.6 is 11.8 Å². The molecule has 0 bridgehead atoms. The summed E-state index contributed by atoms with van der Waals surface area (Å²) in [6.07, 6.45) is -1.34. The number of thioether (sulfide) groups is 1. The first-order chi connectivity index (χ1) is 18.3. The number of hydrogen-bond acceptors (Lipinski definition) is 3. The minimum Gasteiger partial charge on any atom is -0.427 e. The van der Waals surface area contributed by atoms with Crippen molar-refractivity contribution in [2.45, 2.75) is 56.1 Å². The van der Waals surface area contributed by atoms with E-state index in [4.69, 9.17) is 0 Å². The number of allylic oxidation sites excluding steroid dienone is 5. The van der Waals surface area contributed by atoms with Crippen LogP contribution in [0.15, 0.2) is 64.8 Å². The average molecular weight is 572 g/mol. The minimum absolute atomic E-state index is 0.0448. The van der Waals surface area contributed by atoms with Gasteiger partial charge in [-0.25, -0.2) is 18.2 Å². The summed E-state index contributed by atoms with van der Waals surface area (Å²) in [7, 11) is 0. The summed E-state index contributed by atoms with van der Waals surface area (Å²) >= 11 is 0.636. The molecule has 2 aromatic rings. The van der Waals surface area contributed by atoms with Gasteiger partial charge in [0.05, 0.1) is 10.9 Å². The molecular formula is C28H21F8NOS. The third-order valence-electron chi connectivity index (χ3n) is 6.92. The zero-order chi connectivity index (χ0) is 28.1. The first kappa shape index (κ1) is 27.5. The molecule has 5 rings (SSSR count). The number of fused-ring (bicyclic) bond motifs is 1. The van der Waals surface area contributed by atoms with Gasteiger partial charge < -0.3 is 4.74 Å². The van der Waals surface area contributed by atoms with Gasteiger partial charge >= 0.3 is 12.3 Å². The van der Waals surface area contributed by atoms with E-state index in [1.165, 1.54) is 17.7 Å². The summed E-state index contributed by atoms with van der Waals surface area (Å²) in [5.41, 5.74) is 1.24. The highest BCUT2D eigenvalue weighted by Gasteiger charge is 2.46. The van der Waals surface area contributed by atoms with Crippen molar-refractivity contribution in [2.24, 2.45) is 4.99 Å². The van der Waals surface area contributed by atoms with Crippen LogP contribution in [0.4, 0.5) is 35.1 Å². The molecule has 0 radical (unpaired) electrons. The standard InChI is InChI=1S/C28H21F8NOS/c1-14-2-4-15(5-3-14)16-6-8-19(20(29)10-16)17-7-9-23-24(11-17)39-26(37-23)28(35,36)38-18-12-21(30)25(22(31)13-18)27(32,33)34/h2,6-10,12-13,15,24H,3-5,11H2,1H3. The van der Waals surface area contributed by atoms with Crippen molar-refractivity contribution in [1.82, 2.24) is 0 Å². The van der Waals surface area contributed by atoms with E-state index in [-0.39, 0.29) is 30.2 Å². The molecule has 0 spiro atoms. The fourth-order valence-electron chi connectivity index (χ4n) is 4.87. The number of rotatable bonds is 5. The second kappa shape index (κ2) is 10.1. The molecule has 0 aromatic heterocycles. The third kappa shape index (κ3) is 5.64. The van der Waals surface area contributed by atoms with E-state index in [0.717, 1.165) is 24.8 Å². The van der Waals surface area contributed by atoms with Gasteiger partial charge in [-0.3, -0.25) is 0 Å². The summed E-state index contributed by atoms with van der Waals surface area (Å²) in [6.45, 7) is 2.07. The number of ether oxygens (including phenoxy) is 1. The molecule has 0 saturated carbocycles. The Bertz CT molecular complexity index is 1420. The highest BCUT2D eigenvalue weighted by Crippen LogP contribution is 2.45. The zero-order valence-electron chi connectivity index (χ0n) is 20.4. The second-order valence-corrected chi connectivity index (χ2v) is 10.8. The van der Waals surface area contributed by atoms with Gasteiger partial charge in [0, 0.05) is 17.7 Å². The molecule has 0 amide bonds. The van der Waals surface area contributed by atoms with Gasteiger partial charge in [-0.05, 0) is 61.8 Å². The lowest BCUT2D eigenvalue weighted by molar-refractivity contribution is -0.142. The SMILES string of the molecule is CC1=CCC(c2ccc(C3=CC=C4N=C(C(F)(F)Oc5cc(F)c(C(F)(F)F)c(F)c5)SC4C3)c(F)c2)CC1. The molecule has 39 heavy (non-hydrogen) atoms. The Morgan fingerprint density at radius 3 is 2.28 bits per heavy atom. The van der Waals surface area contributed by atoms with Crippen LogP contribution in [0.3, 0.4) is 0 Å².